The monoisotopic (exact) mass is 464 g/mol. The largest absolute Gasteiger partial charge is 0.481 e. The van der Waals surface area contributed by atoms with E-state index in [4.69, 9.17) is 4.74 Å². The topological polar surface area (TPSA) is 105 Å². The van der Waals surface area contributed by atoms with Crippen LogP contribution in [0.1, 0.15) is 63.0 Å². The molecule has 0 saturated heterocycles. The number of benzene rings is 2. The SMILES string of the molecule is CC(C)(NC(=O)OCC1c2ccccc2-c2ccccc21)C(=O)NCC1(C(=O)O)CCCCC1. The molecule has 0 atom stereocenters. The van der Waals surface area contributed by atoms with Crippen LogP contribution in [0, 0.1) is 5.41 Å². The van der Waals surface area contributed by atoms with Crippen LogP contribution in [-0.4, -0.2) is 41.8 Å². The van der Waals surface area contributed by atoms with Gasteiger partial charge < -0.3 is 20.5 Å². The molecule has 4 rings (SSSR count). The zero-order chi connectivity index (χ0) is 24.3. The van der Waals surface area contributed by atoms with E-state index in [1.54, 1.807) is 13.8 Å². The molecule has 3 N–H and O–H groups in total. The molecule has 1 fully saturated rings. The number of alkyl carbamates (subject to hydrolysis) is 1. The van der Waals surface area contributed by atoms with E-state index in [1.807, 2.05) is 36.4 Å². The van der Waals surface area contributed by atoms with Crippen LogP contribution in [0.15, 0.2) is 48.5 Å². The lowest BCUT2D eigenvalue weighted by molar-refractivity contribution is -0.151. The number of nitrogens with one attached hydrogen (secondary N) is 2. The Morgan fingerprint density at radius 3 is 2.09 bits per heavy atom. The maximum Gasteiger partial charge on any atom is 0.408 e. The molecule has 2 aromatic carbocycles. The lowest BCUT2D eigenvalue weighted by Crippen LogP contribution is -2.57. The third-order valence-corrected chi connectivity index (χ3v) is 7.18. The molecule has 0 radical (unpaired) electrons. The summed E-state index contributed by atoms with van der Waals surface area (Å²) in [4.78, 5) is 37.3. The van der Waals surface area contributed by atoms with Crippen molar-refractivity contribution in [1.82, 2.24) is 10.6 Å². The van der Waals surface area contributed by atoms with Gasteiger partial charge in [0, 0.05) is 12.5 Å². The van der Waals surface area contributed by atoms with Crippen molar-refractivity contribution in [3.05, 3.63) is 59.7 Å². The number of carboxylic acid groups (broad SMARTS) is 1. The van der Waals surface area contributed by atoms with Crippen LogP contribution in [0.25, 0.3) is 11.1 Å². The molecule has 0 bridgehead atoms. The van der Waals surface area contributed by atoms with Gasteiger partial charge >= 0.3 is 12.1 Å². The van der Waals surface area contributed by atoms with E-state index in [0.717, 1.165) is 41.5 Å². The van der Waals surface area contributed by atoms with Gasteiger partial charge in [-0.25, -0.2) is 4.79 Å². The number of carbonyl (C=O) groups excluding carboxylic acids is 2. The second-order valence-electron chi connectivity index (χ2n) is 9.90. The number of carboxylic acids is 1. The fraction of sp³-hybridized carbons (Fsp3) is 0.444. The summed E-state index contributed by atoms with van der Waals surface area (Å²) in [6, 6.07) is 16.2. The predicted molar refractivity (Wildman–Crippen MR) is 128 cm³/mol. The van der Waals surface area contributed by atoms with Crippen LogP contribution in [0.3, 0.4) is 0 Å². The van der Waals surface area contributed by atoms with Gasteiger partial charge in [-0.3, -0.25) is 9.59 Å². The molecular formula is C27H32N2O5. The van der Waals surface area contributed by atoms with Crippen molar-refractivity contribution < 1.29 is 24.2 Å². The first-order valence-electron chi connectivity index (χ1n) is 11.9. The molecule has 1 saturated carbocycles. The fourth-order valence-corrected chi connectivity index (χ4v) is 5.11. The zero-order valence-electron chi connectivity index (χ0n) is 19.7. The van der Waals surface area contributed by atoms with Crippen LogP contribution in [0.4, 0.5) is 4.79 Å². The molecule has 0 aliphatic heterocycles. The number of carbonyl (C=O) groups is 3. The molecule has 34 heavy (non-hydrogen) atoms. The molecular weight excluding hydrogens is 432 g/mol. The van der Waals surface area contributed by atoms with Crippen molar-refractivity contribution in [1.29, 1.82) is 0 Å². The van der Waals surface area contributed by atoms with Crippen molar-refractivity contribution in [2.24, 2.45) is 5.41 Å². The molecule has 2 aromatic rings. The number of hydrogen-bond donors (Lipinski definition) is 3. The number of rotatable bonds is 7. The smallest absolute Gasteiger partial charge is 0.408 e. The van der Waals surface area contributed by atoms with E-state index in [-0.39, 0.29) is 19.1 Å². The van der Waals surface area contributed by atoms with E-state index in [9.17, 15) is 19.5 Å². The number of fused-ring (bicyclic) bond motifs is 3. The summed E-state index contributed by atoms with van der Waals surface area (Å²) in [6.07, 6.45) is 3.09. The molecule has 2 aliphatic carbocycles. The van der Waals surface area contributed by atoms with E-state index < -0.39 is 28.9 Å². The molecule has 0 heterocycles. The maximum absolute atomic E-state index is 12.8. The molecule has 180 valence electrons. The Kier molecular flexibility index (Phi) is 6.64. The number of hydrogen-bond acceptors (Lipinski definition) is 4. The highest BCUT2D eigenvalue weighted by molar-refractivity contribution is 5.89. The Morgan fingerprint density at radius 1 is 0.971 bits per heavy atom. The van der Waals surface area contributed by atoms with Gasteiger partial charge in [0.1, 0.15) is 12.1 Å². The van der Waals surface area contributed by atoms with Crippen molar-refractivity contribution in [3.63, 3.8) is 0 Å². The van der Waals surface area contributed by atoms with Gasteiger partial charge in [-0.2, -0.15) is 0 Å². The Labute approximate surface area is 199 Å². The fourth-order valence-electron chi connectivity index (χ4n) is 5.11. The van der Waals surface area contributed by atoms with Gasteiger partial charge in [-0.15, -0.1) is 0 Å². The van der Waals surface area contributed by atoms with Crippen LogP contribution in [-0.2, 0) is 14.3 Å². The van der Waals surface area contributed by atoms with E-state index in [2.05, 4.69) is 22.8 Å². The average molecular weight is 465 g/mol. The first-order valence-corrected chi connectivity index (χ1v) is 11.9. The van der Waals surface area contributed by atoms with Gasteiger partial charge in [0.05, 0.1) is 5.41 Å². The molecule has 0 spiro atoms. The van der Waals surface area contributed by atoms with Crippen LogP contribution in [0.5, 0.6) is 0 Å². The zero-order valence-corrected chi connectivity index (χ0v) is 19.7. The molecule has 0 unspecified atom stereocenters. The third kappa shape index (κ3) is 4.65. The molecule has 7 nitrogen and oxygen atoms in total. The van der Waals surface area contributed by atoms with Crippen molar-refractivity contribution in [3.8, 4) is 11.1 Å². The van der Waals surface area contributed by atoms with Crippen molar-refractivity contribution in [2.75, 3.05) is 13.2 Å². The number of aliphatic carboxylic acids is 1. The summed E-state index contributed by atoms with van der Waals surface area (Å²) in [5.41, 5.74) is 2.31. The first kappa shape index (κ1) is 23.8. The van der Waals surface area contributed by atoms with Gasteiger partial charge in [-0.1, -0.05) is 67.8 Å². The second-order valence-corrected chi connectivity index (χ2v) is 9.90. The summed E-state index contributed by atoms with van der Waals surface area (Å²) in [7, 11) is 0. The van der Waals surface area contributed by atoms with Gasteiger partial charge in [-0.05, 0) is 48.9 Å². The highest BCUT2D eigenvalue weighted by atomic mass is 16.5. The average Bonchev–Trinajstić information content (AvgIpc) is 3.15. The highest BCUT2D eigenvalue weighted by Crippen LogP contribution is 2.44. The standard InChI is InChI=1S/C27H32N2O5/c1-26(2,23(30)28-17-27(24(31)32)14-8-3-9-15-27)29-25(33)34-16-22-20-12-6-4-10-18(20)19-11-5-7-13-21(19)22/h4-7,10-13,22H,3,8-9,14-17H2,1-2H3,(H,28,30)(H,29,33)(H,31,32). The molecule has 2 aliphatic rings. The summed E-state index contributed by atoms with van der Waals surface area (Å²) in [5, 5.41) is 15.1. The van der Waals surface area contributed by atoms with Crippen LogP contribution < -0.4 is 10.6 Å². The molecule has 0 aromatic heterocycles. The lowest BCUT2D eigenvalue weighted by Gasteiger charge is -2.34. The molecule has 7 heteroatoms. The van der Waals surface area contributed by atoms with Gasteiger partial charge in [0.15, 0.2) is 0 Å². The first-order chi connectivity index (χ1) is 16.2. The summed E-state index contributed by atoms with van der Waals surface area (Å²) >= 11 is 0. The molecule has 2 amide bonds. The third-order valence-electron chi connectivity index (χ3n) is 7.18. The van der Waals surface area contributed by atoms with Gasteiger partial charge in [0.25, 0.3) is 0 Å². The normalized spacial score (nSPS) is 16.8. The Morgan fingerprint density at radius 2 is 1.53 bits per heavy atom. The van der Waals surface area contributed by atoms with Crippen molar-refractivity contribution >= 4 is 18.0 Å². The Balaban J connectivity index is 1.35. The minimum atomic E-state index is -1.25. The summed E-state index contributed by atoms with van der Waals surface area (Å²) in [5.74, 6) is -1.39. The van der Waals surface area contributed by atoms with Crippen LogP contribution in [0.2, 0.25) is 0 Å². The van der Waals surface area contributed by atoms with E-state index in [1.165, 1.54) is 0 Å². The maximum atomic E-state index is 12.8. The lowest BCUT2D eigenvalue weighted by atomic mass is 9.74. The Bertz CT molecular complexity index is 1040. The van der Waals surface area contributed by atoms with Gasteiger partial charge in [0.2, 0.25) is 5.91 Å². The summed E-state index contributed by atoms with van der Waals surface area (Å²) in [6.45, 7) is 3.37. The predicted octanol–water partition coefficient (Wildman–Crippen LogP) is 4.46. The number of ether oxygens (including phenoxy) is 1. The summed E-state index contributed by atoms with van der Waals surface area (Å²) < 4.78 is 5.55. The quantitative estimate of drug-likeness (QED) is 0.561. The second kappa shape index (κ2) is 9.49. The van der Waals surface area contributed by atoms with Crippen molar-refractivity contribution in [2.45, 2.75) is 57.4 Å². The highest BCUT2D eigenvalue weighted by Gasteiger charge is 2.41. The minimum Gasteiger partial charge on any atom is -0.481 e. The van der Waals surface area contributed by atoms with Crippen LogP contribution >= 0.6 is 0 Å². The minimum absolute atomic E-state index is 0.0525. The Hall–Kier alpha value is -3.35. The van der Waals surface area contributed by atoms with E-state index in [0.29, 0.717) is 12.8 Å². The van der Waals surface area contributed by atoms with E-state index >= 15 is 0 Å². The number of amides is 2.